The first kappa shape index (κ1) is 23.3. The van der Waals surface area contributed by atoms with E-state index in [1.54, 1.807) is 6.08 Å². The summed E-state index contributed by atoms with van der Waals surface area (Å²) in [6.07, 6.45) is 10.8. The molecule has 0 unspecified atom stereocenters. The van der Waals surface area contributed by atoms with Gasteiger partial charge in [-0.15, -0.1) is 0 Å². The Morgan fingerprint density at radius 1 is 0.944 bits per heavy atom. The quantitative estimate of drug-likeness (QED) is 0.260. The molecule has 2 heterocycles. The Morgan fingerprint density at radius 2 is 1.69 bits per heavy atom. The van der Waals surface area contributed by atoms with E-state index in [9.17, 15) is 0 Å². The molecule has 36 heavy (non-hydrogen) atoms. The summed E-state index contributed by atoms with van der Waals surface area (Å²) in [5.41, 5.74) is 13.6. The second-order valence-corrected chi connectivity index (χ2v) is 8.48. The van der Waals surface area contributed by atoms with Crippen LogP contribution in [0.25, 0.3) is 45.1 Å². The number of rotatable bonds is 4. The van der Waals surface area contributed by atoms with Gasteiger partial charge in [-0.3, -0.25) is 0 Å². The number of allylic oxidation sites excluding steroid dienone is 5. The highest BCUT2D eigenvalue weighted by atomic mass is 16.5. The monoisotopic (exact) mass is 470 g/mol. The molecule has 178 valence electrons. The molecule has 0 fully saturated rings. The van der Waals surface area contributed by atoms with Crippen molar-refractivity contribution in [1.82, 2.24) is 4.57 Å². The molecule has 3 heteroatoms. The normalized spacial score (nSPS) is 13.7. The molecule has 1 aliphatic carbocycles. The number of benzene rings is 3. The van der Waals surface area contributed by atoms with Crippen LogP contribution in [0.2, 0.25) is 0 Å². The molecule has 0 spiro atoms. The number of para-hydroxylation sites is 1. The predicted octanol–water partition coefficient (Wildman–Crippen LogP) is 6.90. The maximum Gasteiger partial charge on any atom is 0.144 e. The van der Waals surface area contributed by atoms with Crippen molar-refractivity contribution in [2.75, 3.05) is 5.73 Å². The molecule has 0 saturated carbocycles. The van der Waals surface area contributed by atoms with Gasteiger partial charge in [0.1, 0.15) is 11.5 Å². The Balaban J connectivity index is 0.00000130. The van der Waals surface area contributed by atoms with E-state index in [0.717, 1.165) is 61.8 Å². The van der Waals surface area contributed by atoms with E-state index in [4.69, 9.17) is 10.5 Å². The van der Waals surface area contributed by atoms with Gasteiger partial charge in [-0.05, 0) is 47.6 Å². The van der Waals surface area contributed by atoms with Gasteiger partial charge in [0.15, 0.2) is 0 Å². The largest absolute Gasteiger partial charge is 0.459 e. The van der Waals surface area contributed by atoms with E-state index in [2.05, 4.69) is 72.3 Å². The van der Waals surface area contributed by atoms with E-state index in [-0.39, 0.29) is 0 Å². The van der Waals surface area contributed by atoms with Gasteiger partial charge in [0.2, 0.25) is 0 Å². The summed E-state index contributed by atoms with van der Waals surface area (Å²) in [7, 11) is 0. The third-order valence-electron chi connectivity index (χ3n) is 6.56. The van der Waals surface area contributed by atoms with Crippen LogP contribution < -0.4 is 21.0 Å². The number of aromatic nitrogens is 1. The van der Waals surface area contributed by atoms with Gasteiger partial charge in [0, 0.05) is 39.5 Å². The van der Waals surface area contributed by atoms with Crippen molar-refractivity contribution in [2.45, 2.75) is 20.3 Å². The van der Waals surface area contributed by atoms with Crippen molar-refractivity contribution in [3.8, 4) is 16.9 Å². The highest BCUT2D eigenvalue weighted by Crippen LogP contribution is 2.46. The van der Waals surface area contributed by atoms with Crippen LogP contribution in [0.3, 0.4) is 0 Å². The van der Waals surface area contributed by atoms with Gasteiger partial charge >= 0.3 is 0 Å². The predicted molar refractivity (Wildman–Crippen MR) is 155 cm³/mol. The summed E-state index contributed by atoms with van der Waals surface area (Å²) in [6.45, 7) is 11.9. The molecule has 0 amide bonds. The van der Waals surface area contributed by atoms with Gasteiger partial charge in [-0.2, -0.15) is 0 Å². The number of hydrogen-bond donors (Lipinski definition) is 1. The highest BCUT2D eigenvalue weighted by Gasteiger charge is 2.27. The van der Waals surface area contributed by atoms with Gasteiger partial charge in [-0.1, -0.05) is 87.7 Å². The van der Waals surface area contributed by atoms with Crippen LogP contribution in [0, 0.1) is 0 Å². The van der Waals surface area contributed by atoms with Gasteiger partial charge in [-0.25, -0.2) is 0 Å². The summed E-state index contributed by atoms with van der Waals surface area (Å²) >= 11 is 0. The molecule has 3 aromatic carbocycles. The zero-order valence-electron chi connectivity index (χ0n) is 20.8. The molecule has 1 aromatic heterocycles. The summed E-state index contributed by atoms with van der Waals surface area (Å²) in [6, 6.07) is 22.7. The molecule has 0 atom stereocenters. The van der Waals surface area contributed by atoms with Crippen molar-refractivity contribution in [3.05, 3.63) is 120 Å². The first-order valence-corrected chi connectivity index (χ1v) is 12.4. The summed E-state index contributed by atoms with van der Waals surface area (Å²) in [4.78, 5) is 0. The lowest BCUT2D eigenvalue weighted by Crippen LogP contribution is -2.31. The maximum absolute atomic E-state index is 6.77. The number of anilines is 1. The standard InChI is InChI=1S/C31H24N2O.C2H6/c1-3-10-22(4-2)33-26-14-9-8-13-24(26)30-27(33)18-15-21-19-28(30)34-31-23(21)16-17-25(32)29(31)20-11-6-5-7-12-20;1-2/h3-18H,1-2,19,32H2;1-2H3/b22-10+;. The number of nitrogens with zero attached hydrogens (tertiary/aromatic N) is 1. The lowest BCUT2D eigenvalue weighted by atomic mass is 9.91. The van der Waals surface area contributed by atoms with Crippen LogP contribution in [-0.4, -0.2) is 4.57 Å². The molecule has 0 radical (unpaired) electrons. The Hall–Kier alpha value is -4.50. The Morgan fingerprint density at radius 3 is 2.44 bits per heavy atom. The Labute approximate surface area is 212 Å². The number of hydrogen-bond acceptors (Lipinski definition) is 2. The molecule has 1 aliphatic heterocycles. The molecule has 6 rings (SSSR count). The van der Waals surface area contributed by atoms with E-state index < -0.39 is 0 Å². The van der Waals surface area contributed by atoms with E-state index in [0.29, 0.717) is 5.69 Å². The number of fused-ring (bicyclic) bond motifs is 7. The van der Waals surface area contributed by atoms with Gasteiger partial charge < -0.3 is 15.0 Å². The lowest BCUT2D eigenvalue weighted by Gasteiger charge is -2.25. The average Bonchev–Trinajstić information content (AvgIpc) is 3.17. The zero-order chi connectivity index (χ0) is 25.2. The minimum absolute atomic E-state index is 0.708. The third-order valence-corrected chi connectivity index (χ3v) is 6.56. The summed E-state index contributed by atoms with van der Waals surface area (Å²) < 4.78 is 8.99. The first-order chi connectivity index (χ1) is 17.7. The Bertz CT molecular complexity index is 1680. The van der Waals surface area contributed by atoms with Crippen LogP contribution >= 0.6 is 0 Å². The first-order valence-electron chi connectivity index (χ1n) is 12.4. The summed E-state index contributed by atoms with van der Waals surface area (Å²) in [5, 5.41) is 3.32. The fraction of sp³-hybridized carbons (Fsp3) is 0.0909. The number of ether oxygens (including phenoxy) is 1. The fourth-order valence-electron chi connectivity index (χ4n) is 5.10. The fourth-order valence-corrected chi connectivity index (χ4v) is 5.10. The van der Waals surface area contributed by atoms with Gasteiger partial charge in [0.05, 0.1) is 10.9 Å². The minimum atomic E-state index is 0.708. The second kappa shape index (κ2) is 9.63. The molecule has 0 saturated heterocycles. The zero-order valence-corrected chi connectivity index (χ0v) is 20.8. The maximum atomic E-state index is 6.77. The van der Waals surface area contributed by atoms with E-state index in [1.165, 1.54) is 5.57 Å². The average molecular weight is 471 g/mol. The molecule has 4 aromatic rings. The van der Waals surface area contributed by atoms with Crippen LogP contribution in [-0.2, 0) is 0 Å². The number of nitrogen functional groups attached to an aromatic ring is 1. The SMILES string of the molecule is C=C/C=C(\C=C)n1c2c(c3ccccc31)=C1CC(=CC=2)c2ccc(N)c(-c3ccccc3)c2O1.CC. The second-order valence-electron chi connectivity index (χ2n) is 8.48. The molecular weight excluding hydrogens is 440 g/mol. The van der Waals surface area contributed by atoms with Crippen LogP contribution in [0.1, 0.15) is 25.8 Å². The highest BCUT2D eigenvalue weighted by molar-refractivity contribution is 5.96. The number of nitrogens with two attached hydrogens (primary N) is 1. The van der Waals surface area contributed by atoms with Crippen molar-refractivity contribution < 1.29 is 4.74 Å². The molecule has 2 bridgehead atoms. The van der Waals surface area contributed by atoms with Crippen molar-refractivity contribution >= 4 is 39.7 Å². The van der Waals surface area contributed by atoms with Gasteiger partial charge in [0.25, 0.3) is 0 Å². The van der Waals surface area contributed by atoms with E-state index >= 15 is 0 Å². The minimum Gasteiger partial charge on any atom is -0.459 e. The van der Waals surface area contributed by atoms with Crippen molar-refractivity contribution in [2.24, 2.45) is 0 Å². The molecule has 2 aliphatic rings. The van der Waals surface area contributed by atoms with Crippen molar-refractivity contribution in [3.63, 3.8) is 0 Å². The Kier molecular flexibility index (Phi) is 6.22. The third kappa shape index (κ3) is 3.61. The summed E-state index contributed by atoms with van der Waals surface area (Å²) in [5.74, 6) is 1.75. The van der Waals surface area contributed by atoms with E-state index in [1.807, 2.05) is 50.3 Å². The molecular formula is C33H30N2O. The van der Waals surface area contributed by atoms with Crippen LogP contribution in [0.15, 0.2) is 104 Å². The van der Waals surface area contributed by atoms with Crippen molar-refractivity contribution in [1.29, 1.82) is 0 Å². The molecule has 2 N–H and O–H groups in total. The lowest BCUT2D eigenvalue weighted by molar-refractivity contribution is 0.487. The van der Waals surface area contributed by atoms with Crippen LogP contribution in [0.5, 0.6) is 5.75 Å². The smallest absolute Gasteiger partial charge is 0.144 e. The topological polar surface area (TPSA) is 40.2 Å². The van der Waals surface area contributed by atoms with Crippen LogP contribution in [0.4, 0.5) is 5.69 Å². The molecule has 3 nitrogen and oxygen atoms in total.